The molecule has 3 atom stereocenters. The minimum Gasteiger partial charge on any atom is -0.393 e. The molecular weight excluding hydrogens is 299 g/mol. The number of fused-ring (bicyclic) bond motifs is 2. The molecule has 2 aliphatic heterocycles. The number of ether oxygens (including phenoxy) is 1. The third-order valence-electron chi connectivity index (χ3n) is 2.77. The van der Waals surface area contributed by atoms with E-state index < -0.39 is 14.8 Å². The number of aliphatic hydroxyl groups is 3. The first-order valence-corrected chi connectivity index (χ1v) is 5.56. The summed E-state index contributed by atoms with van der Waals surface area (Å²) in [5.41, 5.74) is -1.62. The molecule has 80 valence electrons. The first-order valence-electron chi connectivity index (χ1n) is 4.49. The fraction of sp³-hybridized carbons (Fsp3) is 0.778. The van der Waals surface area contributed by atoms with Crippen molar-refractivity contribution in [2.45, 2.75) is 27.7 Å². The zero-order valence-electron chi connectivity index (χ0n) is 7.61. The monoisotopic (exact) mass is 312 g/mol. The molecule has 2 aliphatic rings. The van der Waals surface area contributed by atoms with Gasteiger partial charge in [-0.25, -0.2) is 0 Å². The normalized spacial score (nSPS) is 51.1. The fourth-order valence-corrected chi connectivity index (χ4v) is 3.52. The van der Waals surface area contributed by atoms with Crippen molar-refractivity contribution in [3.63, 3.8) is 0 Å². The Morgan fingerprint density at radius 2 is 1.57 bits per heavy atom. The van der Waals surface area contributed by atoms with Gasteiger partial charge < -0.3 is 20.1 Å². The molecule has 1 saturated heterocycles. The summed E-state index contributed by atoms with van der Waals surface area (Å²) in [4.78, 5) is 0. The Kier molecular flexibility index (Phi) is 2.43. The Balaban J connectivity index is 2.32. The number of hydrogen-bond acceptors (Lipinski definition) is 4. The Bertz CT molecular complexity index is 254. The molecule has 0 amide bonds. The van der Waals surface area contributed by atoms with Crippen molar-refractivity contribution in [2.24, 2.45) is 0 Å². The molecule has 2 rings (SSSR count). The molecule has 0 aromatic carbocycles. The number of halogens is 1. The van der Waals surface area contributed by atoms with E-state index in [1.807, 2.05) is 22.6 Å². The molecule has 4 nitrogen and oxygen atoms in total. The van der Waals surface area contributed by atoms with E-state index in [9.17, 15) is 15.3 Å². The van der Waals surface area contributed by atoms with E-state index in [1.165, 1.54) is 0 Å². The molecule has 0 spiro atoms. The quantitative estimate of drug-likeness (QED) is 0.380. The van der Waals surface area contributed by atoms with Gasteiger partial charge in [0.15, 0.2) is 0 Å². The van der Waals surface area contributed by atoms with Crippen molar-refractivity contribution in [2.75, 3.05) is 13.2 Å². The Morgan fingerprint density at radius 1 is 1.14 bits per heavy atom. The minimum absolute atomic E-state index is 0.170. The van der Waals surface area contributed by atoms with Crippen LogP contribution in [0, 0.1) is 0 Å². The van der Waals surface area contributed by atoms with E-state index >= 15 is 0 Å². The molecule has 5 heteroatoms. The lowest BCUT2D eigenvalue weighted by molar-refractivity contribution is -0.189. The van der Waals surface area contributed by atoms with Gasteiger partial charge in [0, 0.05) is 12.8 Å². The largest absolute Gasteiger partial charge is 0.393 e. The maximum absolute atomic E-state index is 9.99. The Labute approximate surface area is 95.7 Å². The predicted molar refractivity (Wildman–Crippen MR) is 58.1 cm³/mol. The van der Waals surface area contributed by atoms with Crippen LogP contribution < -0.4 is 0 Å². The molecule has 0 unspecified atom stereocenters. The third kappa shape index (κ3) is 1.61. The summed E-state index contributed by atoms with van der Waals surface area (Å²) in [6.45, 7) is -0.340. The van der Waals surface area contributed by atoms with Crippen LogP contribution >= 0.6 is 22.6 Å². The first-order chi connectivity index (χ1) is 6.45. The molecule has 0 aromatic heterocycles. The van der Waals surface area contributed by atoms with Crippen molar-refractivity contribution in [1.82, 2.24) is 0 Å². The summed E-state index contributed by atoms with van der Waals surface area (Å²) in [6, 6.07) is 0. The van der Waals surface area contributed by atoms with Crippen LogP contribution in [0.3, 0.4) is 0 Å². The van der Waals surface area contributed by atoms with E-state index in [4.69, 9.17) is 4.74 Å². The summed E-state index contributed by atoms with van der Waals surface area (Å²) in [6.07, 6.45) is 4.21. The van der Waals surface area contributed by atoms with Crippen molar-refractivity contribution >= 4 is 22.6 Å². The maximum atomic E-state index is 9.99. The fourth-order valence-electron chi connectivity index (χ4n) is 2.23. The van der Waals surface area contributed by atoms with E-state index in [-0.39, 0.29) is 13.2 Å². The summed E-state index contributed by atoms with van der Waals surface area (Å²) in [7, 11) is 0. The van der Waals surface area contributed by atoms with Crippen molar-refractivity contribution in [3.8, 4) is 0 Å². The second-order valence-electron chi connectivity index (χ2n) is 4.15. The van der Waals surface area contributed by atoms with Gasteiger partial charge in [0.25, 0.3) is 0 Å². The van der Waals surface area contributed by atoms with Crippen LogP contribution in [-0.2, 0) is 4.74 Å². The van der Waals surface area contributed by atoms with Crippen molar-refractivity contribution in [1.29, 1.82) is 0 Å². The van der Waals surface area contributed by atoms with Crippen LogP contribution in [0.25, 0.3) is 0 Å². The molecule has 0 radical (unpaired) electrons. The lowest BCUT2D eigenvalue weighted by atomic mass is 9.90. The summed E-state index contributed by atoms with van der Waals surface area (Å²) >= 11 is 1.94. The van der Waals surface area contributed by atoms with Crippen LogP contribution in [0.5, 0.6) is 0 Å². The van der Waals surface area contributed by atoms with Gasteiger partial charge >= 0.3 is 0 Å². The second-order valence-corrected chi connectivity index (χ2v) is 6.16. The average Bonchev–Trinajstić information content (AvgIpc) is 2.40. The van der Waals surface area contributed by atoms with Crippen LogP contribution in [0.1, 0.15) is 12.8 Å². The summed E-state index contributed by atoms with van der Waals surface area (Å²) in [5.74, 6) is 0. The van der Waals surface area contributed by atoms with Gasteiger partial charge in [-0.15, -0.1) is 0 Å². The van der Waals surface area contributed by atoms with Gasteiger partial charge in [-0.2, -0.15) is 0 Å². The summed E-state index contributed by atoms with van der Waals surface area (Å²) in [5, 5.41) is 28.5. The molecular formula is C9H13IO4. The van der Waals surface area contributed by atoms with Crippen molar-refractivity contribution in [3.05, 3.63) is 12.2 Å². The standard InChI is InChI=1S/C9H13IO4/c10-9(13)3-7(5-11)1-2-8(4-9,6-12)14-7/h1-2,11-13H,3-6H2/t7-,8+,9+. The molecule has 1 fully saturated rings. The summed E-state index contributed by atoms with van der Waals surface area (Å²) < 4.78 is 4.70. The van der Waals surface area contributed by atoms with Crippen molar-refractivity contribution < 1.29 is 20.1 Å². The second kappa shape index (κ2) is 3.15. The molecule has 0 aliphatic carbocycles. The minimum atomic E-state index is -0.926. The number of rotatable bonds is 2. The maximum Gasteiger partial charge on any atom is 0.122 e. The van der Waals surface area contributed by atoms with E-state index in [1.54, 1.807) is 12.2 Å². The van der Waals surface area contributed by atoms with E-state index in [0.717, 1.165) is 0 Å². The van der Waals surface area contributed by atoms with Crippen LogP contribution in [0.2, 0.25) is 0 Å². The highest BCUT2D eigenvalue weighted by molar-refractivity contribution is 14.1. The zero-order chi connectivity index (χ0) is 10.4. The smallest absolute Gasteiger partial charge is 0.122 e. The lowest BCUT2D eigenvalue weighted by Crippen LogP contribution is -2.54. The predicted octanol–water partition coefficient (Wildman–Crippen LogP) is -0.0476. The zero-order valence-corrected chi connectivity index (χ0v) is 9.77. The molecule has 0 saturated carbocycles. The highest BCUT2D eigenvalue weighted by Crippen LogP contribution is 2.49. The number of alkyl halides is 1. The highest BCUT2D eigenvalue weighted by Gasteiger charge is 2.55. The molecule has 2 bridgehead atoms. The number of aliphatic hydroxyl groups excluding tert-OH is 2. The van der Waals surface area contributed by atoms with Crippen LogP contribution in [0.15, 0.2) is 12.2 Å². The topological polar surface area (TPSA) is 69.9 Å². The van der Waals surface area contributed by atoms with Gasteiger partial charge in [0.1, 0.15) is 14.8 Å². The first kappa shape index (κ1) is 10.8. The SMILES string of the molecule is OC[C@@]12C=C[C@@](CO)(C[C@](O)(I)C1)O2. The van der Waals surface area contributed by atoms with Crippen LogP contribution in [0.4, 0.5) is 0 Å². The van der Waals surface area contributed by atoms with Gasteiger partial charge in [-0.1, -0.05) is 12.2 Å². The third-order valence-corrected chi connectivity index (χ3v) is 3.54. The molecule has 14 heavy (non-hydrogen) atoms. The number of hydrogen-bond donors (Lipinski definition) is 3. The Hall–Kier alpha value is 0.310. The lowest BCUT2D eigenvalue weighted by Gasteiger charge is -2.44. The van der Waals surface area contributed by atoms with Gasteiger partial charge in [-0.05, 0) is 22.6 Å². The molecule has 2 heterocycles. The highest BCUT2D eigenvalue weighted by atomic mass is 127. The van der Waals surface area contributed by atoms with Gasteiger partial charge in [-0.3, -0.25) is 0 Å². The molecule has 3 N–H and O–H groups in total. The Morgan fingerprint density at radius 3 is 1.93 bits per heavy atom. The average molecular weight is 312 g/mol. The van der Waals surface area contributed by atoms with E-state index in [2.05, 4.69) is 0 Å². The van der Waals surface area contributed by atoms with Crippen LogP contribution in [-0.4, -0.2) is 43.3 Å². The van der Waals surface area contributed by atoms with Gasteiger partial charge in [0.2, 0.25) is 0 Å². The van der Waals surface area contributed by atoms with Gasteiger partial charge in [0.05, 0.1) is 13.2 Å². The molecule has 0 aromatic rings. The van der Waals surface area contributed by atoms with E-state index in [0.29, 0.717) is 12.8 Å².